The summed E-state index contributed by atoms with van der Waals surface area (Å²) in [5, 5.41) is 12.6. The summed E-state index contributed by atoms with van der Waals surface area (Å²) in [5.74, 6) is -0.876. The first-order valence-electron chi connectivity index (χ1n) is 9.79. The molecule has 0 unspecified atom stereocenters. The lowest BCUT2D eigenvalue weighted by Crippen LogP contribution is -2.48. The Kier molecular flexibility index (Phi) is 7.07. The summed E-state index contributed by atoms with van der Waals surface area (Å²) in [7, 11) is -3.93. The van der Waals surface area contributed by atoms with Crippen molar-refractivity contribution in [3.8, 4) is 5.75 Å². The predicted octanol–water partition coefficient (Wildman–Crippen LogP) is 2.11. The van der Waals surface area contributed by atoms with Crippen LogP contribution in [0.2, 0.25) is 0 Å². The Bertz CT molecular complexity index is 813. The van der Waals surface area contributed by atoms with Crippen LogP contribution in [-0.4, -0.2) is 55.6 Å². The van der Waals surface area contributed by atoms with Crippen LogP contribution in [0.3, 0.4) is 0 Å². The molecule has 1 atom stereocenters. The average molecular weight is 432 g/mol. The molecule has 0 spiro atoms. The van der Waals surface area contributed by atoms with Gasteiger partial charge in [0.15, 0.2) is 0 Å². The van der Waals surface area contributed by atoms with Gasteiger partial charge in [0, 0.05) is 25.2 Å². The van der Waals surface area contributed by atoms with Crippen molar-refractivity contribution in [3.05, 3.63) is 24.3 Å². The molecule has 2 fully saturated rings. The standard InChI is InChI=1S/C19H26F2N2O5S/c20-19(21)28-16-4-1-5-17(11-16)29(26,27)23-10-2-3-13(12-23)18(25)22-14-6-8-15(24)9-7-14/h1,4-5,11,13-15,19,24H,2-3,6-10,12H2,(H,22,25)/t13-,14?,15?/m0/s1. The lowest BCUT2D eigenvalue weighted by Gasteiger charge is -2.33. The van der Waals surface area contributed by atoms with Crippen LogP contribution < -0.4 is 10.1 Å². The Morgan fingerprint density at radius 1 is 1.21 bits per heavy atom. The first kappa shape index (κ1) is 21.9. The van der Waals surface area contributed by atoms with E-state index in [4.69, 9.17) is 0 Å². The zero-order chi connectivity index (χ0) is 21.0. The van der Waals surface area contributed by atoms with Gasteiger partial charge in [0.1, 0.15) is 5.75 Å². The van der Waals surface area contributed by atoms with Crippen LogP contribution >= 0.6 is 0 Å². The van der Waals surface area contributed by atoms with Crippen molar-refractivity contribution in [2.45, 2.75) is 62.2 Å². The fourth-order valence-corrected chi connectivity index (χ4v) is 5.43. The minimum Gasteiger partial charge on any atom is -0.435 e. The molecule has 0 radical (unpaired) electrons. The summed E-state index contributed by atoms with van der Waals surface area (Å²) in [5.41, 5.74) is 0. The monoisotopic (exact) mass is 432 g/mol. The molecule has 1 saturated heterocycles. The minimum absolute atomic E-state index is 0.000982. The normalized spacial score (nSPS) is 26.3. The number of halogens is 2. The maximum absolute atomic E-state index is 12.9. The van der Waals surface area contributed by atoms with Crippen LogP contribution in [0.1, 0.15) is 38.5 Å². The van der Waals surface area contributed by atoms with Gasteiger partial charge >= 0.3 is 6.61 Å². The predicted molar refractivity (Wildman–Crippen MR) is 101 cm³/mol. The highest BCUT2D eigenvalue weighted by Gasteiger charge is 2.34. The number of sulfonamides is 1. The summed E-state index contributed by atoms with van der Waals surface area (Å²) in [6.07, 6.45) is 3.51. The van der Waals surface area contributed by atoms with Gasteiger partial charge in [0.2, 0.25) is 15.9 Å². The molecule has 1 aliphatic heterocycles. The van der Waals surface area contributed by atoms with Crippen molar-refractivity contribution < 1.29 is 31.8 Å². The van der Waals surface area contributed by atoms with E-state index < -0.39 is 22.6 Å². The van der Waals surface area contributed by atoms with Crippen LogP contribution in [0.5, 0.6) is 5.75 Å². The summed E-state index contributed by atoms with van der Waals surface area (Å²) in [6, 6.07) is 5.00. The van der Waals surface area contributed by atoms with E-state index in [1.807, 2.05) is 0 Å². The molecule has 0 aromatic heterocycles. The maximum Gasteiger partial charge on any atom is 0.387 e. The van der Waals surface area contributed by atoms with E-state index in [0.29, 0.717) is 38.5 Å². The molecule has 162 valence electrons. The molecule has 1 heterocycles. The Morgan fingerprint density at radius 2 is 1.93 bits per heavy atom. The van der Waals surface area contributed by atoms with E-state index in [2.05, 4.69) is 10.1 Å². The molecule has 3 rings (SSSR count). The Morgan fingerprint density at radius 3 is 2.62 bits per heavy atom. The second-order valence-corrected chi connectivity index (χ2v) is 9.51. The molecular weight excluding hydrogens is 406 g/mol. The van der Waals surface area contributed by atoms with Gasteiger partial charge in [-0.25, -0.2) is 8.42 Å². The number of nitrogens with zero attached hydrogens (tertiary/aromatic N) is 1. The molecule has 1 aromatic carbocycles. The topological polar surface area (TPSA) is 95.9 Å². The van der Waals surface area contributed by atoms with E-state index in [-0.39, 0.29) is 41.8 Å². The van der Waals surface area contributed by atoms with Gasteiger partial charge in [-0.3, -0.25) is 4.79 Å². The summed E-state index contributed by atoms with van der Waals surface area (Å²) in [4.78, 5) is 12.5. The fraction of sp³-hybridized carbons (Fsp3) is 0.632. The first-order chi connectivity index (χ1) is 13.8. The van der Waals surface area contributed by atoms with Gasteiger partial charge in [0.25, 0.3) is 0 Å². The van der Waals surface area contributed by atoms with Crippen LogP contribution in [0.4, 0.5) is 8.78 Å². The number of piperidine rings is 1. The van der Waals surface area contributed by atoms with Gasteiger partial charge in [0.05, 0.1) is 16.9 Å². The fourth-order valence-electron chi connectivity index (χ4n) is 3.87. The van der Waals surface area contributed by atoms with Crippen LogP contribution in [0.25, 0.3) is 0 Å². The van der Waals surface area contributed by atoms with E-state index in [1.165, 1.54) is 22.5 Å². The van der Waals surface area contributed by atoms with Crippen molar-refractivity contribution in [2.24, 2.45) is 5.92 Å². The lowest BCUT2D eigenvalue weighted by molar-refractivity contribution is -0.127. The molecular formula is C19H26F2N2O5S. The van der Waals surface area contributed by atoms with Gasteiger partial charge in [-0.05, 0) is 50.7 Å². The molecule has 1 aromatic rings. The molecule has 1 aliphatic carbocycles. The zero-order valence-electron chi connectivity index (χ0n) is 16.0. The molecule has 29 heavy (non-hydrogen) atoms. The number of carbonyl (C=O) groups excluding carboxylic acids is 1. The smallest absolute Gasteiger partial charge is 0.387 e. The molecule has 1 saturated carbocycles. The Labute approximate surface area is 169 Å². The number of alkyl halides is 2. The second-order valence-electron chi connectivity index (χ2n) is 7.57. The van der Waals surface area contributed by atoms with E-state index >= 15 is 0 Å². The lowest BCUT2D eigenvalue weighted by atomic mass is 9.92. The zero-order valence-corrected chi connectivity index (χ0v) is 16.8. The molecule has 10 heteroatoms. The van der Waals surface area contributed by atoms with Crippen molar-refractivity contribution in [1.29, 1.82) is 0 Å². The van der Waals surface area contributed by atoms with Crippen LogP contribution in [0.15, 0.2) is 29.2 Å². The Hall–Kier alpha value is -1.78. The van der Waals surface area contributed by atoms with Gasteiger partial charge in [-0.2, -0.15) is 13.1 Å². The second kappa shape index (κ2) is 9.36. The number of benzene rings is 1. The van der Waals surface area contributed by atoms with Crippen molar-refractivity contribution in [2.75, 3.05) is 13.1 Å². The highest BCUT2D eigenvalue weighted by molar-refractivity contribution is 7.89. The number of nitrogens with one attached hydrogen (secondary N) is 1. The number of ether oxygens (including phenoxy) is 1. The summed E-state index contributed by atoms with van der Waals surface area (Å²) in [6.45, 7) is -2.73. The van der Waals surface area contributed by atoms with E-state index in [9.17, 15) is 27.1 Å². The number of carbonyl (C=O) groups is 1. The van der Waals surface area contributed by atoms with Crippen LogP contribution in [-0.2, 0) is 14.8 Å². The average Bonchev–Trinajstić information content (AvgIpc) is 2.69. The van der Waals surface area contributed by atoms with Gasteiger partial charge in [-0.1, -0.05) is 6.07 Å². The third-order valence-corrected chi connectivity index (χ3v) is 7.33. The number of rotatable bonds is 6. The number of amides is 1. The quantitative estimate of drug-likeness (QED) is 0.718. The van der Waals surface area contributed by atoms with Crippen LogP contribution in [0, 0.1) is 5.92 Å². The van der Waals surface area contributed by atoms with E-state index in [1.54, 1.807) is 0 Å². The number of aliphatic hydroxyl groups excluding tert-OH is 1. The largest absolute Gasteiger partial charge is 0.435 e. The van der Waals surface area contributed by atoms with E-state index in [0.717, 1.165) is 6.07 Å². The number of hydrogen-bond acceptors (Lipinski definition) is 5. The van der Waals surface area contributed by atoms with Crippen molar-refractivity contribution in [3.63, 3.8) is 0 Å². The summed E-state index contributed by atoms with van der Waals surface area (Å²) >= 11 is 0. The summed E-state index contributed by atoms with van der Waals surface area (Å²) < 4.78 is 56.2. The SMILES string of the molecule is O=C(NC1CCC(O)CC1)[C@H]1CCCN(S(=O)(=O)c2cccc(OC(F)F)c2)C1. The number of hydrogen-bond donors (Lipinski definition) is 2. The Balaban J connectivity index is 1.65. The molecule has 2 N–H and O–H groups in total. The highest BCUT2D eigenvalue weighted by Crippen LogP contribution is 2.27. The van der Waals surface area contributed by atoms with Gasteiger partial charge < -0.3 is 15.2 Å². The third-order valence-electron chi connectivity index (χ3n) is 5.47. The van der Waals surface area contributed by atoms with Crippen molar-refractivity contribution >= 4 is 15.9 Å². The number of aliphatic hydroxyl groups is 1. The van der Waals surface area contributed by atoms with Gasteiger partial charge in [-0.15, -0.1) is 0 Å². The molecule has 0 bridgehead atoms. The molecule has 2 aliphatic rings. The highest BCUT2D eigenvalue weighted by atomic mass is 32.2. The van der Waals surface area contributed by atoms with Crippen molar-refractivity contribution in [1.82, 2.24) is 9.62 Å². The third kappa shape index (κ3) is 5.64. The molecule has 1 amide bonds. The first-order valence-corrected chi connectivity index (χ1v) is 11.2. The molecule has 7 nitrogen and oxygen atoms in total. The maximum atomic E-state index is 12.9. The minimum atomic E-state index is -3.93.